The molecule has 10 nitrogen and oxygen atoms in total. The molecule has 0 atom stereocenters. The Morgan fingerprint density at radius 2 is 1.93 bits per heavy atom. The second-order valence-electron chi connectivity index (χ2n) is 5.91. The summed E-state index contributed by atoms with van der Waals surface area (Å²) in [5.41, 5.74) is 0.757. The molecule has 2 N–H and O–H groups in total. The summed E-state index contributed by atoms with van der Waals surface area (Å²) in [6.45, 7) is -0.0572. The van der Waals surface area contributed by atoms with Gasteiger partial charge in [0.1, 0.15) is 11.6 Å². The number of aromatic nitrogens is 1. The van der Waals surface area contributed by atoms with Gasteiger partial charge < -0.3 is 14.2 Å². The molecule has 0 unspecified atom stereocenters. The number of para-hydroxylation sites is 1. The summed E-state index contributed by atoms with van der Waals surface area (Å²) >= 11 is 1.35. The number of sulfonamides is 1. The van der Waals surface area contributed by atoms with Crippen LogP contribution in [0.1, 0.15) is 5.69 Å². The van der Waals surface area contributed by atoms with E-state index in [9.17, 15) is 18.5 Å². The van der Waals surface area contributed by atoms with Crippen molar-refractivity contribution in [3.8, 4) is 27.8 Å². The van der Waals surface area contributed by atoms with E-state index in [1.165, 1.54) is 31.6 Å². The van der Waals surface area contributed by atoms with Gasteiger partial charge in [-0.05, 0) is 24.3 Å². The van der Waals surface area contributed by atoms with Crippen molar-refractivity contribution >= 4 is 27.0 Å². The molecule has 0 fully saturated rings. The van der Waals surface area contributed by atoms with Gasteiger partial charge in [-0.2, -0.15) is 0 Å². The molecule has 1 aromatic heterocycles. The molecule has 30 heavy (non-hydrogen) atoms. The molecule has 0 aliphatic rings. The average Bonchev–Trinajstić information content (AvgIpc) is 3.19. The lowest BCUT2D eigenvalue weighted by molar-refractivity contribution is -0.386. The van der Waals surface area contributed by atoms with Crippen molar-refractivity contribution in [3.05, 3.63) is 57.6 Å². The van der Waals surface area contributed by atoms with Crippen LogP contribution in [0.25, 0.3) is 10.6 Å². The Balaban J connectivity index is 1.84. The van der Waals surface area contributed by atoms with Gasteiger partial charge in [0.15, 0.2) is 17.2 Å². The van der Waals surface area contributed by atoms with Crippen LogP contribution in [0.3, 0.4) is 0 Å². The van der Waals surface area contributed by atoms with Gasteiger partial charge in [-0.15, -0.1) is 11.3 Å². The summed E-state index contributed by atoms with van der Waals surface area (Å²) in [5.74, 6) is 1.01. The Kier molecular flexibility index (Phi) is 6.20. The fraction of sp³-hybridized carbons (Fsp3) is 0.167. The Morgan fingerprint density at radius 1 is 1.17 bits per heavy atom. The van der Waals surface area contributed by atoms with Gasteiger partial charge in [0.25, 0.3) is 0 Å². The van der Waals surface area contributed by atoms with Crippen LogP contribution in [0.5, 0.6) is 17.2 Å². The fourth-order valence-electron chi connectivity index (χ4n) is 2.64. The van der Waals surface area contributed by atoms with E-state index in [4.69, 9.17) is 19.3 Å². The highest BCUT2D eigenvalue weighted by atomic mass is 32.2. The molecule has 3 aromatic rings. The smallest absolute Gasteiger partial charge is 0.312 e. The number of nitro benzene ring substituents is 1. The van der Waals surface area contributed by atoms with Gasteiger partial charge >= 0.3 is 5.69 Å². The fourth-order valence-corrected chi connectivity index (χ4v) is 4.00. The largest absolute Gasteiger partial charge is 0.493 e. The van der Waals surface area contributed by atoms with Gasteiger partial charge in [-0.3, -0.25) is 10.1 Å². The van der Waals surface area contributed by atoms with Crippen molar-refractivity contribution in [2.45, 2.75) is 11.5 Å². The first-order valence-electron chi connectivity index (χ1n) is 8.34. The minimum absolute atomic E-state index is 0.0572. The summed E-state index contributed by atoms with van der Waals surface area (Å²) in [6, 6.07) is 8.61. The van der Waals surface area contributed by atoms with Crippen LogP contribution in [0.2, 0.25) is 0 Å². The number of nitrogens with two attached hydrogens (primary N) is 1. The van der Waals surface area contributed by atoms with Gasteiger partial charge in [0.05, 0.1) is 35.3 Å². The first kappa shape index (κ1) is 21.5. The SMILES string of the molecule is COc1cccc(-c2nc(COc3ccc(S(N)(=O)=O)cc3[N+](=O)[O-])cs2)c1OC. The third kappa shape index (κ3) is 4.50. The lowest BCUT2D eigenvalue weighted by Crippen LogP contribution is -2.12. The quantitative estimate of drug-likeness (QED) is 0.406. The molecule has 0 saturated carbocycles. The maximum Gasteiger partial charge on any atom is 0.312 e. The van der Waals surface area contributed by atoms with Crippen molar-refractivity contribution in [1.29, 1.82) is 0 Å². The summed E-state index contributed by atoms with van der Waals surface area (Å²) in [6.07, 6.45) is 0. The van der Waals surface area contributed by atoms with Gasteiger partial charge in [0, 0.05) is 11.4 Å². The molecule has 0 spiro atoms. The van der Waals surface area contributed by atoms with Crippen LogP contribution in [-0.4, -0.2) is 32.5 Å². The number of nitro groups is 1. The molecule has 0 radical (unpaired) electrons. The number of benzene rings is 2. The Labute approximate surface area is 176 Å². The van der Waals surface area contributed by atoms with Gasteiger partial charge in [-0.25, -0.2) is 18.5 Å². The number of hydrogen-bond acceptors (Lipinski definition) is 9. The van der Waals surface area contributed by atoms with Crippen molar-refractivity contribution in [2.24, 2.45) is 5.14 Å². The zero-order valence-corrected chi connectivity index (χ0v) is 17.5. The van der Waals surface area contributed by atoms with Crippen molar-refractivity contribution in [1.82, 2.24) is 4.98 Å². The second-order valence-corrected chi connectivity index (χ2v) is 8.32. The molecule has 158 valence electrons. The van der Waals surface area contributed by atoms with Crippen molar-refractivity contribution in [2.75, 3.05) is 14.2 Å². The van der Waals surface area contributed by atoms with Gasteiger partial charge in [-0.1, -0.05) is 6.07 Å². The summed E-state index contributed by atoms with van der Waals surface area (Å²) < 4.78 is 39.1. The van der Waals surface area contributed by atoms with Crippen LogP contribution >= 0.6 is 11.3 Å². The van der Waals surface area contributed by atoms with E-state index >= 15 is 0 Å². The third-order valence-corrected chi connectivity index (χ3v) is 5.85. The van der Waals surface area contributed by atoms with Gasteiger partial charge in [0.2, 0.25) is 10.0 Å². The summed E-state index contributed by atoms with van der Waals surface area (Å²) in [5, 5.41) is 18.7. The maximum atomic E-state index is 11.4. The first-order chi connectivity index (χ1) is 14.2. The highest BCUT2D eigenvalue weighted by molar-refractivity contribution is 7.89. The number of nitrogens with zero attached hydrogens (tertiary/aromatic N) is 2. The second kappa shape index (κ2) is 8.65. The Bertz CT molecular complexity index is 1190. The monoisotopic (exact) mass is 451 g/mol. The molecule has 3 rings (SSSR count). The van der Waals surface area contributed by atoms with E-state index in [0.717, 1.165) is 17.7 Å². The van der Waals surface area contributed by atoms with Crippen molar-refractivity contribution < 1.29 is 27.6 Å². The number of hydrogen-bond donors (Lipinski definition) is 1. The number of rotatable bonds is 8. The first-order valence-corrected chi connectivity index (χ1v) is 10.8. The zero-order chi connectivity index (χ0) is 21.9. The van der Waals surface area contributed by atoms with Crippen LogP contribution in [0.15, 0.2) is 46.7 Å². The van der Waals surface area contributed by atoms with E-state index < -0.39 is 20.6 Å². The van der Waals surface area contributed by atoms with Crippen molar-refractivity contribution in [3.63, 3.8) is 0 Å². The lowest BCUT2D eigenvalue weighted by atomic mass is 10.2. The topological polar surface area (TPSA) is 144 Å². The summed E-state index contributed by atoms with van der Waals surface area (Å²) in [4.78, 5) is 14.7. The van der Waals surface area contributed by atoms with E-state index in [1.54, 1.807) is 11.4 Å². The van der Waals surface area contributed by atoms with Crippen LogP contribution in [-0.2, 0) is 16.6 Å². The van der Waals surface area contributed by atoms with Crippen LogP contribution < -0.4 is 19.3 Å². The molecular weight excluding hydrogens is 434 g/mol. The molecule has 2 aromatic carbocycles. The average molecular weight is 451 g/mol. The molecular formula is C18H17N3O7S2. The highest BCUT2D eigenvalue weighted by Crippen LogP contribution is 2.39. The molecule has 0 amide bonds. The van der Waals surface area contributed by atoms with E-state index in [0.29, 0.717) is 22.2 Å². The normalized spacial score (nSPS) is 11.2. The molecule has 0 aliphatic heterocycles. The minimum atomic E-state index is -4.08. The van der Waals surface area contributed by atoms with E-state index in [2.05, 4.69) is 4.98 Å². The maximum absolute atomic E-state index is 11.4. The number of methoxy groups -OCH3 is 2. The standard InChI is InChI=1S/C18H17N3O7S2/c1-26-16-5-3-4-13(17(16)27-2)18-20-11(10-29-18)9-28-15-7-6-12(30(19,24)25)8-14(15)21(22)23/h3-8,10H,9H2,1-2H3,(H2,19,24,25). The predicted molar refractivity (Wildman–Crippen MR) is 109 cm³/mol. The number of ether oxygens (including phenoxy) is 3. The Hall–Kier alpha value is -3.22. The van der Waals surface area contributed by atoms with E-state index in [1.807, 2.05) is 12.1 Å². The molecule has 0 bridgehead atoms. The molecule has 1 heterocycles. The van der Waals surface area contributed by atoms with E-state index in [-0.39, 0.29) is 17.3 Å². The molecule has 12 heteroatoms. The number of thiazole rings is 1. The minimum Gasteiger partial charge on any atom is -0.493 e. The lowest BCUT2D eigenvalue weighted by Gasteiger charge is -2.10. The third-order valence-electron chi connectivity index (χ3n) is 4.02. The highest BCUT2D eigenvalue weighted by Gasteiger charge is 2.21. The van der Waals surface area contributed by atoms with Crippen LogP contribution in [0.4, 0.5) is 5.69 Å². The summed E-state index contributed by atoms with van der Waals surface area (Å²) in [7, 11) is -1.01. The Morgan fingerprint density at radius 3 is 2.57 bits per heavy atom. The van der Waals surface area contributed by atoms with Crippen LogP contribution in [0, 0.1) is 10.1 Å². The predicted octanol–water partition coefficient (Wildman–Crippen LogP) is 2.96. The number of primary sulfonamides is 1. The molecule has 0 saturated heterocycles. The molecule has 0 aliphatic carbocycles. The zero-order valence-electron chi connectivity index (χ0n) is 15.9.